The van der Waals surface area contributed by atoms with Gasteiger partial charge in [0.15, 0.2) is 0 Å². The molecule has 1 heterocycles. The van der Waals surface area contributed by atoms with Gasteiger partial charge in [0.25, 0.3) is 0 Å². The smallest absolute Gasteiger partial charge is 0.408 e. The third kappa shape index (κ3) is 6.55. The van der Waals surface area contributed by atoms with E-state index in [0.717, 1.165) is 32.6 Å². The van der Waals surface area contributed by atoms with Crippen LogP contribution in [0.5, 0.6) is 0 Å². The summed E-state index contributed by atoms with van der Waals surface area (Å²) in [6, 6.07) is 15.2. The molecule has 0 bridgehead atoms. The van der Waals surface area contributed by atoms with Gasteiger partial charge in [0.2, 0.25) is 0 Å². The third-order valence-corrected chi connectivity index (χ3v) is 6.56. The number of rotatable bonds is 11. The standard InChI is InChI=1S/C25H30N4O4S/c1-2-3-12-21(24(30)31)29(27)23(26)20(14-18-16-34-22-13-8-7-11-19(18)22)28-25(32)33-15-17-9-5-4-6-10-17/h4-11,13,16,20-21,26H,2-3,12,14-15,27H2,1H3,(H,28,32)(H,30,31)/t20?,21-/m0/s1. The zero-order valence-corrected chi connectivity index (χ0v) is 19.9. The highest BCUT2D eigenvalue weighted by molar-refractivity contribution is 7.17. The predicted octanol–water partition coefficient (Wildman–Crippen LogP) is 4.54. The van der Waals surface area contributed by atoms with Crippen molar-refractivity contribution in [2.45, 2.75) is 51.3 Å². The number of ether oxygens (including phenoxy) is 1. The molecule has 3 aromatic rings. The largest absolute Gasteiger partial charge is 0.480 e. The molecule has 9 heteroatoms. The summed E-state index contributed by atoms with van der Waals surface area (Å²) in [5.74, 6) is 4.84. The first-order valence-electron chi connectivity index (χ1n) is 11.2. The van der Waals surface area contributed by atoms with Crippen LogP contribution in [0.3, 0.4) is 0 Å². The maximum atomic E-state index is 12.6. The van der Waals surface area contributed by atoms with Crippen LogP contribution < -0.4 is 11.2 Å². The predicted molar refractivity (Wildman–Crippen MR) is 134 cm³/mol. The van der Waals surface area contributed by atoms with Gasteiger partial charge in [-0.25, -0.2) is 15.4 Å². The average Bonchev–Trinajstić information content (AvgIpc) is 3.25. The number of carboxylic acids is 1. The Hall–Kier alpha value is -3.43. The minimum atomic E-state index is -1.10. The van der Waals surface area contributed by atoms with Crippen LogP contribution in [0.1, 0.15) is 37.3 Å². The Kier molecular flexibility index (Phi) is 9.00. The number of nitrogens with two attached hydrogens (primary N) is 1. The number of nitrogens with one attached hydrogen (secondary N) is 2. The first-order chi connectivity index (χ1) is 16.4. The Balaban J connectivity index is 1.79. The van der Waals surface area contributed by atoms with Gasteiger partial charge >= 0.3 is 12.1 Å². The molecule has 34 heavy (non-hydrogen) atoms. The summed E-state index contributed by atoms with van der Waals surface area (Å²) < 4.78 is 6.44. The topological polar surface area (TPSA) is 129 Å². The molecule has 8 nitrogen and oxygen atoms in total. The number of hydrogen-bond acceptors (Lipinski definition) is 6. The van der Waals surface area contributed by atoms with Gasteiger partial charge in [0, 0.05) is 11.1 Å². The molecule has 1 unspecified atom stereocenters. The molecule has 0 aliphatic carbocycles. The number of amides is 1. The first-order valence-corrected chi connectivity index (χ1v) is 12.1. The van der Waals surface area contributed by atoms with Gasteiger partial charge in [-0.15, -0.1) is 11.3 Å². The Morgan fingerprint density at radius 2 is 1.88 bits per heavy atom. The van der Waals surface area contributed by atoms with E-state index in [1.165, 1.54) is 0 Å². The number of hydrazine groups is 1. The van der Waals surface area contributed by atoms with Crippen molar-refractivity contribution in [3.05, 3.63) is 71.1 Å². The van der Waals surface area contributed by atoms with Crippen molar-refractivity contribution < 1.29 is 19.4 Å². The van der Waals surface area contributed by atoms with Crippen molar-refractivity contribution in [1.82, 2.24) is 10.3 Å². The van der Waals surface area contributed by atoms with Crippen molar-refractivity contribution in [3.63, 3.8) is 0 Å². The van der Waals surface area contributed by atoms with Gasteiger partial charge in [0.1, 0.15) is 18.5 Å². The molecule has 180 valence electrons. The molecule has 2 aromatic carbocycles. The van der Waals surface area contributed by atoms with E-state index in [2.05, 4.69) is 5.32 Å². The zero-order valence-electron chi connectivity index (χ0n) is 19.1. The molecule has 0 spiro atoms. The van der Waals surface area contributed by atoms with Crippen LogP contribution in [0, 0.1) is 5.41 Å². The number of thiophene rings is 1. The van der Waals surface area contributed by atoms with E-state index < -0.39 is 24.1 Å². The zero-order chi connectivity index (χ0) is 24.5. The fourth-order valence-corrected chi connectivity index (χ4v) is 4.64. The molecule has 2 atom stereocenters. The van der Waals surface area contributed by atoms with Crippen LogP contribution >= 0.6 is 11.3 Å². The van der Waals surface area contributed by atoms with E-state index in [1.54, 1.807) is 11.3 Å². The SMILES string of the molecule is CCCC[C@@H](C(=O)O)N(N)C(=N)C(Cc1csc2ccccc12)NC(=O)OCc1ccccc1. The Morgan fingerprint density at radius 3 is 2.59 bits per heavy atom. The van der Waals surface area contributed by atoms with Crippen LogP contribution in [-0.2, 0) is 22.6 Å². The number of nitrogens with zero attached hydrogens (tertiary/aromatic N) is 1. The fourth-order valence-electron chi connectivity index (χ4n) is 3.66. The molecule has 0 aliphatic rings. The summed E-state index contributed by atoms with van der Waals surface area (Å²) in [6.07, 6.45) is 1.34. The van der Waals surface area contributed by atoms with Crippen LogP contribution in [0.4, 0.5) is 4.79 Å². The van der Waals surface area contributed by atoms with E-state index in [9.17, 15) is 14.7 Å². The van der Waals surface area contributed by atoms with Gasteiger partial charge < -0.3 is 15.2 Å². The van der Waals surface area contributed by atoms with Crippen LogP contribution in [0.2, 0.25) is 0 Å². The lowest BCUT2D eigenvalue weighted by molar-refractivity contribution is -0.142. The lowest BCUT2D eigenvalue weighted by Crippen LogP contribution is -2.57. The number of carboxylic acid groups (broad SMARTS) is 1. The summed E-state index contributed by atoms with van der Waals surface area (Å²) in [5.41, 5.74) is 1.77. The molecule has 0 aliphatic heterocycles. The van der Waals surface area contributed by atoms with Crippen molar-refractivity contribution >= 4 is 39.3 Å². The quantitative estimate of drug-likeness (QED) is 0.137. The maximum Gasteiger partial charge on any atom is 0.408 e. The second kappa shape index (κ2) is 12.2. The molecule has 5 N–H and O–H groups in total. The van der Waals surface area contributed by atoms with Crippen LogP contribution in [-0.4, -0.2) is 40.1 Å². The van der Waals surface area contributed by atoms with Crippen molar-refractivity contribution in [2.75, 3.05) is 0 Å². The Bertz CT molecular complexity index is 1120. The molecule has 1 amide bonds. The van der Waals surface area contributed by atoms with Crippen molar-refractivity contribution in [3.8, 4) is 0 Å². The monoisotopic (exact) mass is 482 g/mol. The minimum absolute atomic E-state index is 0.0781. The lowest BCUT2D eigenvalue weighted by atomic mass is 10.0. The number of benzene rings is 2. The second-order valence-corrected chi connectivity index (χ2v) is 8.92. The summed E-state index contributed by atoms with van der Waals surface area (Å²) in [4.78, 5) is 24.4. The highest BCUT2D eigenvalue weighted by Crippen LogP contribution is 2.27. The Labute approximate surface area is 202 Å². The lowest BCUT2D eigenvalue weighted by Gasteiger charge is -2.31. The average molecular weight is 483 g/mol. The number of amidine groups is 1. The molecule has 0 radical (unpaired) electrons. The number of fused-ring (bicyclic) bond motifs is 1. The van der Waals surface area contributed by atoms with E-state index in [4.69, 9.17) is 16.0 Å². The summed E-state index contributed by atoms with van der Waals surface area (Å²) in [5, 5.41) is 25.0. The highest BCUT2D eigenvalue weighted by Gasteiger charge is 2.30. The molecule has 0 saturated heterocycles. The van der Waals surface area contributed by atoms with Crippen molar-refractivity contribution in [2.24, 2.45) is 5.84 Å². The summed E-state index contributed by atoms with van der Waals surface area (Å²) >= 11 is 1.57. The summed E-state index contributed by atoms with van der Waals surface area (Å²) in [7, 11) is 0. The molecule has 0 fully saturated rings. The molecular formula is C25H30N4O4S. The van der Waals surface area contributed by atoms with E-state index in [0.29, 0.717) is 12.8 Å². The highest BCUT2D eigenvalue weighted by atomic mass is 32.1. The van der Waals surface area contributed by atoms with E-state index in [1.807, 2.05) is 66.9 Å². The molecule has 0 saturated carbocycles. The molecular weight excluding hydrogens is 452 g/mol. The van der Waals surface area contributed by atoms with Crippen LogP contribution in [0.25, 0.3) is 10.1 Å². The van der Waals surface area contributed by atoms with Crippen LogP contribution in [0.15, 0.2) is 60.0 Å². The molecule has 3 rings (SSSR count). The minimum Gasteiger partial charge on any atom is -0.480 e. The van der Waals surface area contributed by atoms with Gasteiger partial charge in [-0.1, -0.05) is 68.3 Å². The second-order valence-electron chi connectivity index (χ2n) is 8.01. The Morgan fingerprint density at radius 1 is 1.18 bits per heavy atom. The number of unbranched alkanes of at least 4 members (excludes halogenated alkanes) is 1. The number of alkyl carbamates (subject to hydrolysis) is 1. The van der Waals surface area contributed by atoms with Gasteiger partial charge in [-0.05, 0) is 34.4 Å². The fraction of sp³-hybridized carbons (Fsp3) is 0.320. The number of carbonyl (C=O) groups excluding carboxylic acids is 1. The van der Waals surface area contributed by atoms with E-state index >= 15 is 0 Å². The van der Waals surface area contributed by atoms with Crippen molar-refractivity contribution in [1.29, 1.82) is 5.41 Å². The van der Waals surface area contributed by atoms with Gasteiger partial charge in [-0.2, -0.15) is 0 Å². The van der Waals surface area contributed by atoms with Gasteiger partial charge in [-0.3, -0.25) is 10.4 Å². The maximum absolute atomic E-state index is 12.6. The summed E-state index contributed by atoms with van der Waals surface area (Å²) in [6.45, 7) is 2.04. The van der Waals surface area contributed by atoms with E-state index in [-0.39, 0.29) is 18.9 Å². The number of aliphatic carboxylic acids is 1. The number of carbonyl (C=O) groups is 2. The molecule has 1 aromatic heterocycles. The normalized spacial score (nSPS) is 12.6. The number of hydrogen-bond donors (Lipinski definition) is 4. The van der Waals surface area contributed by atoms with Gasteiger partial charge in [0.05, 0.1) is 6.04 Å². The third-order valence-electron chi connectivity index (χ3n) is 5.55. The first kappa shape index (κ1) is 25.2.